The summed E-state index contributed by atoms with van der Waals surface area (Å²) in [7, 11) is 0. The molecular formula is C18H21ClN2. The second-order valence-corrected chi connectivity index (χ2v) is 7.02. The van der Waals surface area contributed by atoms with Crippen molar-refractivity contribution in [2.24, 2.45) is 5.41 Å². The summed E-state index contributed by atoms with van der Waals surface area (Å²) in [4.78, 5) is 4.45. The molecule has 2 aromatic rings. The first-order chi connectivity index (χ1) is 9.97. The summed E-state index contributed by atoms with van der Waals surface area (Å²) in [5.41, 5.74) is 3.98. The van der Waals surface area contributed by atoms with E-state index in [0.717, 1.165) is 17.1 Å². The fourth-order valence-corrected chi connectivity index (χ4v) is 3.47. The monoisotopic (exact) mass is 300 g/mol. The van der Waals surface area contributed by atoms with Gasteiger partial charge >= 0.3 is 0 Å². The van der Waals surface area contributed by atoms with Gasteiger partial charge in [0.25, 0.3) is 0 Å². The van der Waals surface area contributed by atoms with Crippen LogP contribution in [0.2, 0.25) is 5.02 Å². The highest BCUT2D eigenvalue weighted by Gasteiger charge is 2.39. The highest BCUT2D eigenvalue weighted by Crippen LogP contribution is 2.46. The van der Waals surface area contributed by atoms with Crippen LogP contribution in [-0.4, -0.2) is 4.98 Å². The number of halogens is 1. The topological polar surface area (TPSA) is 24.9 Å². The van der Waals surface area contributed by atoms with Crippen LogP contribution < -0.4 is 5.32 Å². The van der Waals surface area contributed by atoms with Crippen molar-refractivity contribution in [1.29, 1.82) is 0 Å². The molecule has 21 heavy (non-hydrogen) atoms. The molecule has 1 aliphatic rings. The third kappa shape index (κ3) is 2.83. The Morgan fingerprint density at radius 3 is 2.81 bits per heavy atom. The zero-order valence-electron chi connectivity index (χ0n) is 12.7. The summed E-state index contributed by atoms with van der Waals surface area (Å²) in [5, 5.41) is 4.56. The number of nitrogens with zero attached hydrogens (tertiary/aromatic N) is 1. The molecule has 0 saturated carbocycles. The number of benzene rings is 1. The van der Waals surface area contributed by atoms with Crippen molar-refractivity contribution >= 4 is 11.6 Å². The number of rotatable bonds is 3. The molecular weight excluding hydrogens is 280 g/mol. The molecule has 0 saturated heterocycles. The number of nitrogens with one attached hydrogen (secondary N) is 1. The van der Waals surface area contributed by atoms with Gasteiger partial charge in [-0.1, -0.05) is 37.6 Å². The molecule has 1 aliphatic carbocycles. The highest BCUT2D eigenvalue weighted by atomic mass is 35.5. The zero-order valence-corrected chi connectivity index (χ0v) is 13.5. The van der Waals surface area contributed by atoms with Gasteiger partial charge in [0.15, 0.2) is 0 Å². The average molecular weight is 301 g/mol. The van der Waals surface area contributed by atoms with Crippen LogP contribution >= 0.6 is 11.6 Å². The fourth-order valence-electron chi connectivity index (χ4n) is 3.29. The molecule has 1 unspecified atom stereocenters. The van der Waals surface area contributed by atoms with Gasteiger partial charge in [-0.05, 0) is 54.2 Å². The lowest BCUT2D eigenvalue weighted by Gasteiger charge is -2.31. The third-order valence-corrected chi connectivity index (χ3v) is 4.63. The minimum Gasteiger partial charge on any atom is -0.301 e. The summed E-state index contributed by atoms with van der Waals surface area (Å²) in [6.07, 6.45) is 2.92. The van der Waals surface area contributed by atoms with E-state index in [-0.39, 0.29) is 11.5 Å². The first-order valence-corrected chi connectivity index (χ1v) is 7.80. The van der Waals surface area contributed by atoms with E-state index in [1.807, 2.05) is 24.4 Å². The van der Waals surface area contributed by atoms with Crippen molar-refractivity contribution in [3.63, 3.8) is 0 Å². The molecule has 0 aliphatic heterocycles. The summed E-state index contributed by atoms with van der Waals surface area (Å²) >= 11 is 6.20. The molecule has 0 bridgehead atoms. The first-order valence-electron chi connectivity index (χ1n) is 7.43. The first kappa shape index (κ1) is 14.6. The van der Waals surface area contributed by atoms with Crippen molar-refractivity contribution in [2.75, 3.05) is 0 Å². The van der Waals surface area contributed by atoms with Crippen LogP contribution in [0.25, 0.3) is 0 Å². The van der Waals surface area contributed by atoms with E-state index >= 15 is 0 Å². The molecule has 1 aromatic heterocycles. The Balaban J connectivity index is 1.89. The summed E-state index contributed by atoms with van der Waals surface area (Å²) in [6, 6.07) is 12.8. The standard InChI is InChI=1S/C18H21ClN2/c1-12(16-6-4-5-9-20-16)21-17-15-10-14(19)8-7-13(15)11-18(17,2)3/h4-10,12,17,21H,11H2,1-3H3/t12-,17?/m1/s1. The molecule has 1 heterocycles. The molecule has 1 N–H and O–H groups in total. The molecule has 0 radical (unpaired) electrons. The SMILES string of the molecule is C[C@@H](NC1c2cc(Cl)ccc2CC1(C)C)c1ccccn1. The number of pyridine rings is 1. The maximum absolute atomic E-state index is 6.20. The number of aromatic nitrogens is 1. The van der Waals surface area contributed by atoms with Gasteiger partial charge in [0.1, 0.15) is 0 Å². The number of hydrogen-bond donors (Lipinski definition) is 1. The number of fused-ring (bicyclic) bond motifs is 1. The lowest BCUT2D eigenvalue weighted by molar-refractivity contribution is 0.251. The van der Waals surface area contributed by atoms with E-state index < -0.39 is 0 Å². The van der Waals surface area contributed by atoms with Gasteiger partial charge in [0.05, 0.1) is 5.69 Å². The van der Waals surface area contributed by atoms with Crippen LogP contribution in [0, 0.1) is 5.41 Å². The summed E-state index contributed by atoms with van der Waals surface area (Å²) in [5.74, 6) is 0. The Labute approximate surface area is 131 Å². The molecule has 3 rings (SSSR count). The average Bonchev–Trinajstić information content (AvgIpc) is 2.71. The minimum atomic E-state index is 0.177. The van der Waals surface area contributed by atoms with Crippen LogP contribution in [0.4, 0.5) is 0 Å². The third-order valence-electron chi connectivity index (χ3n) is 4.39. The van der Waals surface area contributed by atoms with Gasteiger partial charge in [-0.2, -0.15) is 0 Å². The fraction of sp³-hybridized carbons (Fsp3) is 0.389. The molecule has 0 fully saturated rings. The van der Waals surface area contributed by atoms with Crippen LogP contribution in [0.15, 0.2) is 42.6 Å². The van der Waals surface area contributed by atoms with Crippen molar-refractivity contribution < 1.29 is 0 Å². The predicted molar refractivity (Wildman–Crippen MR) is 87.5 cm³/mol. The van der Waals surface area contributed by atoms with Crippen LogP contribution in [0.1, 0.15) is 49.7 Å². The quantitative estimate of drug-likeness (QED) is 0.888. The Hall–Kier alpha value is -1.38. The van der Waals surface area contributed by atoms with E-state index in [1.165, 1.54) is 11.1 Å². The maximum atomic E-state index is 6.20. The van der Waals surface area contributed by atoms with Gasteiger partial charge in [-0.25, -0.2) is 0 Å². The molecule has 2 nitrogen and oxygen atoms in total. The van der Waals surface area contributed by atoms with Gasteiger partial charge in [0, 0.05) is 23.3 Å². The van der Waals surface area contributed by atoms with E-state index in [0.29, 0.717) is 6.04 Å². The molecule has 110 valence electrons. The van der Waals surface area contributed by atoms with Crippen LogP contribution in [0.5, 0.6) is 0 Å². The summed E-state index contributed by atoms with van der Waals surface area (Å²) < 4.78 is 0. The van der Waals surface area contributed by atoms with Crippen molar-refractivity contribution in [1.82, 2.24) is 10.3 Å². The van der Waals surface area contributed by atoms with Crippen molar-refractivity contribution in [2.45, 2.75) is 39.3 Å². The Morgan fingerprint density at radius 2 is 2.10 bits per heavy atom. The van der Waals surface area contributed by atoms with Crippen molar-refractivity contribution in [3.8, 4) is 0 Å². The smallest absolute Gasteiger partial charge is 0.0570 e. The largest absolute Gasteiger partial charge is 0.301 e. The molecule has 1 aromatic carbocycles. The normalized spacial score (nSPS) is 21.0. The zero-order chi connectivity index (χ0) is 15.0. The van der Waals surface area contributed by atoms with Gasteiger partial charge < -0.3 is 5.32 Å². The summed E-state index contributed by atoms with van der Waals surface area (Å²) in [6.45, 7) is 6.79. The number of hydrogen-bond acceptors (Lipinski definition) is 2. The van der Waals surface area contributed by atoms with Gasteiger partial charge in [0.2, 0.25) is 0 Å². The molecule has 3 heteroatoms. The van der Waals surface area contributed by atoms with Gasteiger partial charge in [-0.15, -0.1) is 0 Å². The highest BCUT2D eigenvalue weighted by molar-refractivity contribution is 6.30. The van der Waals surface area contributed by atoms with Crippen LogP contribution in [0.3, 0.4) is 0 Å². The molecule has 0 spiro atoms. The van der Waals surface area contributed by atoms with E-state index in [9.17, 15) is 0 Å². The lowest BCUT2D eigenvalue weighted by Crippen LogP contribution is -2.33. The Kier molecular flexibility index (Phi) is 3.76. The van der Waals surface area contributed by atoms with Crippen LogP contribution in [-0.2, 0) is 6.42 Å². The lowest BCUT2D eigenvalue weighted by atomic mass is 9.85. The maximum Gasteiger partial charge on any atom is 0.0570 e. The van der Waals surface area contributed by atoms with E-state index in [1.54, 1.807) is 0 Å². The second kappa shape index (κ2) is 5.43. The molecule has 0 amide bonds. The van der Waals surface area contributed by atoms with Gasteiger partial charge in [-0.3, -0.25) is 4.98 Å². The Bertz CT molecular complexity index is 637. The molecule has 2 atom stereocenters. The second-order valence-electron chi connectivity index (χ2n) is 6.58. The predicted octanol–water partition coefficient (Wildman–Crippen LogP) is 4.71. The van der Waals surface area contributed by atoms with E-state index in [2.05, 4.69) is 49.3 Å². The Morgan fingerprint density at radius 1 is 1.29 bits per heavy atom. The van der Waals surface area contributed by atoms with E-state index in [4.69, 9.17) is 11.6 Å². The minimum absolute atomic E-state index is 0.177. The van der Waals surface area contributed by atoms with Crippen molar-refractivity contribution in [3.05, 3.63) is 64.4 Å².